The number of thiazole rings is 1. The van der Waals surface area contributed by atoms with Crippen molar-refractivity contribution in [2.24, 2.45) is 7.05 Å². The predicted molar refractivity (Wildman–Crippen MR) is 61.8 cm³/mol. The van der Waals surface area contributed by atoms with E-state index in [0.29, 0.717) is 11.4 Å². The molecule has 1 unspecified atom stereocenters. The number of nitriles is 1. The molecular weight excluding hydrogens is 292 g/mol. The molecule has 2 aromatic heterocycles. The average Bonchev–Trinajstić information content (AvgIpc) is 2.83. The number of hydrogen-bond acceptors (Lipinski definition) is 5. The maximum absolute atomic E-state index is 10.1. The second kappa shape index (κ2) is 4.33. The molecule has 0 spiro atoms. The van der Waals surface area contributed by atoms with Gasteiger partial charge in [-0.3, -0.25) is 4.68 Å². The second-order valence-corrected chi connectivity index (χ2v) is 5.28. The number of nitrogens with zero attached hydrogens (tertiary/aromatic N) is 4. The lowest BCUT2D eigenvalue weighted by Gasteiger charge is -2.08. The van der Waals surface area contributed by atoms with Crippen molar-refractivity contribution in [3.8, 4) is 6.07 Å². The summed E-state index contributed by atoms with van der Waals surface area (Å²) in [6, 6.07) is 3.48. The van der Waals surface area contributed by atoms with E-state index < -0.39 is 6.10 Å². The van der Waals surface area contributed by atoms with E-state index >= 15 is 0 Å². The van der Waals surface area contributed by atoms with Gasteiger partial charge in [0, 0.05) is 13.1 Å². The normalized spacial score (nSPS) is 12.4. The van der Waals surface area contributed by atoms with Gasteiger partial charge in [-0.05, 0) is 15.9 Å². The van der Waals surface area contributed by atoms with E-state index in [1.165, 1.54) is 16.0 Å². The van der Waals surface area contributed by atoms with E-state index in [9.17, 15) is 5.11 Å². The molecule has 0 aliphatic carbocycles. The fourth-order valence-corrected chi connectivity index (χ4v) is 2.46. The zero-order chi connectivity index (χ0) is 11.7. The van der Waals surface area contributed by atoms with Gasteiger partial charge in [0.1, 0.15) is 17.9 Å². The maximum atomic E-state index is 10.1. The molecule has 0 saturated heterocycles. The van der Waals surface area contributed by atoms with E-state index in [0.717, 1.165) is 3.79 Å². The molecule has 82 valence electrons. The van der Waals surface area contributed by atoms with Crippen LogP contribution in [0.25, 0.3) is 0 Å². The Morgan fingerprint density at radius 2 is 2.44 bits per heavy atom. The predicted octanol–water partition coefficient (Wildman–Crippen LogP) is 1.59. The number of aromatic nitrogens is 3. The van der Waals surface area contributed by atoms with Crippen molar-refractivity contribution in [1.29, 1.82) is 5.26 Å². The molecule has 0 aliphatic heterocycles. The Hall–Kier alpha value is -1.23. The largest absolute Gasteiger partial charge is 0.380 e. The van der Waals surface area contributed by atoms with E-state index in [1.807, 2.05) is 6.07 Å². The summed E-state index contributed by atoms with van der Waals surface area (Å²) in [6.07, 6.45) is -0.875. The van der Waals surface area contributed by atoms with Crippen LogP contribution in [0, 0.1) is 11.3 Å². The highest BCUT2D eigenvalue weighted by atomic mass is 79.9. The van der Waals surface area contributed by atoms with Gasteiger partial charge in [0.2, 0.25) is 0 Å². The zero-order valence-electron chi connectivity index (χ0n) is 8.25. The molecule has 0 aromatic carbocycles. The molecule has 16 heavy (non-hydrogen) atoms. The number of aryl methyl sites for hydroxylation is 1. The average molecular weight is 299 g/mol. The van der Waals surface area contributed by atoms with Crippen molar-refractivity contribution in [2.75, 3.05) is 0 Å². The van der Waals surface area contributed by atoms with E-state index in [2.05, 4.69) is 26.0 Å². The summed E-state index contributed by atoms with van der Waals surface area (Å²) in [4.78, 5) is 4.07. The van der Waals surface area contributed by atoms with Crippen LogP contribution in [0.5, 0.6) is 0 Å². The van der Waals surface area contributed by atoms with Crippen LogP contribution < -0.4 is 0 Å². The molecule has 0 bridgehead atoms. The molecule has 1 atom stereocenters. The summed E-state index contributed by atoms with van der Waals surface area (Å²) in [7, 11) is 1.68. The molecule has 2 aromatic rings. The van der Waals surface area contributed by atoms with Gasteiger partial charge >= 0.3 is 0 Å². The van der Waals surface area contributed by atoms with Crippen LogP contribution in [0.1, 0.15) is 23.2 Å². The van der Waals surface area contributed by atoms with Crippen molar-refractivity contribution >= 4 is 27.3 Å². The SMILES string of the molecule is Cn1nc(C#N)cc1C(O)c1ncsc1Br. The topological polar surface area (TPSA) is 74.7 Å². The Labute approximate surface area is 104 Å². The van der Waals surface area contributed by atoms with Gasteiger partial charge in [0.25, 0.3) is 0 Å². The van der Waals surface area contributed by atoms with Gasteiger partial charge in [0.15, 0.2) is 5.69 Å². The number of halogens is 1. The maximum Gasteiger partial charge on any atom is 0.162 e. The fraction of sp³-hybridized carbons (Fsp3) is 0.222. The highest BCUT2D eigenvalue weighted by Gasteiger charge is 2.20. The summed E-state index contributed by atoms with van der Waals surface area (Å²) < 4.78 is 2.26. The van der Waals surface area contributed by atoms with Gasteiger partial charge in [-0.1, -0.05) is 0 Å². The molecule has 2 heterocycles. The minimum Gasteiger partial charge on any atom is -0.380 e. The van der Waals surface area contributed by atoms with E-state index in [-0.39, 0.29) is 5.69 Å². The summed E-state index contributed by atoms with van der Waals surface area (Å²) in [5.41, 5.74) is 3.01. The molecule has 0 amide bonds. The van der Waals surface area contributed by atoms with Gasteiger partial charge in [0.05, 0.1) is 15.0 Å². The summed E-state index contributed by atoms with van der Waals surface area (Å²) in [6.45, 7) is 0. The number of hydrogen-bond donors (Lipinski definition) is 1. The molecule has 2 rings (SSSR count). The van der Waals surface area contributed by atoms with Gasteiger partial charge in [-0.15, -0.1) is 11.3 Å². The highest BCUT2D eigenvalue weighted by molar-refractivity contribution is 9.11. The van der Waals surface area contributed by atoms with Gasteiger partial charge < -0.3 is 5.11 Å². The van der Waals surface area contributed by atoms with Crippen molar-refractivity contribution in [3.05, 3.63) is 32.4 Å². The first kappa shape index (κ1) is 11.3. The van der Waals surface area contributed by atoms with Crippen LogP contribution in [0.3, 0.4) is 0 Å². The fourth-order valence-electron chi connectivity index (χ4n) is 1.35. The minimum atomic E-state index is -0.875. The van der Waals surface area contributed by atoms with Crippen molar-refractivity contribution in [3.63, 3.8) is 0 Å². The van der Waals surface area contributed by atoms with E-state index in [1.54, 1.807) is 18.6 Å². The zero-order valence-corrected chi connectivity index (χ0v) is 10.7. The van der Waals surface area contributed by atoms with Crippen LogP contribution in [0.15, 0.2) is 15.4 Å². The van der Waals surface area contributed by atoms with Crippen molar-refractivity contribution in [1.82, 2.24) is 14.8 Å². The first-order chi connectivity index (χ1) is 7.63. The van der Waals surface area contributed by atoms with Gasteiger partial charge in [-0.2, -0.15) is 10.4 Å². The monoisotopic (exact) mass is 298 g/mol. The standard InChI is InChI=1S/C9H7BrN4OS/c1-14-6(2-5(3-11)13-14)8(15)7-9(10)16-4-12-7/h2,4,8,15H,1H3. The Morgan fingerprint density at radius 3 is 2.94 bits per heavy atom. The molecule has 5 nitrogen and oxygen atoms in total. The third kappa shape index (κ3) is 1.87. The Bertz CT molecular complexity index is 556. The quantitative estimate of drug-likeness (QED) is 0.914. The second-order valence-electron chi connectivity index (χ2n) is 3.10. The molecule has 1 N–H and O–H groups in total. The van der Waals surface area contributed by atoms with Crippen LogP contribution in [0.2, 0.25) is 0 Å². The number of aliphatic hydroxyl groups is 1. The molecule has 0 aliphatic rings. The summed E-state index contributed by atoms with van der Waals surface area (Å²) in [5, 5.41) is 22.8. The minimum absolute atomic E-state index is 0.280. The van der Waals surface area contributed by atoms with Crippen molar-refractivity contribution in [2.45, 2.75) is 6.10 Å². The lowest BCUT2D eigenvalue weighted by molar-refractivity contribution is 0.205. The Morgan fingerprint density at radius 1 is 1.69 bits per heavy atom. The molecular formula is C9H7BrN4OS. The van der Waals surface area contributed by atoms with E-state index in [4.69, 9.17) is 5.26 Å². The van der Waals surface area contributed by atoms with Crippen LogP contribution >= 0.6 is 27.3 Å². The van der Waals surface area contributed by atoms with Gasteiger partial charge in [-0.25, -0.2) is 4.98 Å². The molecule has 0 fully saturated rings. The lowest BCUT2D eigenvalue weighted by Crippen LogP contribution is -2.07. The smallest absolute Gasteiger partial charge is 0.162 e. The highest BCUT2D eigenvalue weighted by Crippen LogP contribution is 2.30. The molecule has 7 heteroatoms. The van der Waals surface area contributed by atoms with Crippen LogP contribution in [-0.4, -0.2) is 19.9 Å². The van der Waals surface area contributed by atoms with Crippen LogP contribution in [-0.2, 0) is 7.05 Å². The third-order valence-electron chi connectivity index (χ3n) is 2.12. The molecule has 0 saturated carbocycles. The Balaban J connectivity index is 2.42. The summed E-state index contributed by atoms with van der Waals surface area (Å²) >= 11 is 4.71. The number of aliphatic hydroxyl groups excluding tert-OH is 1. The Kier molecular flexibility index (Phi) is 3.05. The first-order valence-electron chi connectivity index (χ1n) is 4.34. The molecule has 0 radical (unpaired) electrons. The number of rotatable bonds is 2. The first-order valence-corrected chi connectivity index (χ1v) is 6.01. The summed E-state index contributed by atoms with van der Waals surface area (Å²) in [5.74, 6) is 0. The third-order valence-corrected chi connectivity index (χ3v) is 3.71. The van der Waals surface area contributed by atoms with Crippen LogP contribution in [0.4, 0.5) is 0 Å². The van der Waals surface area contributed by atoms with Crippen molar-refractivity contribution < 1.29 is 5.11 Å². The lowest BCUT2D eigenvalue weighted by atomic mass is 10.2.